The Labute approximate surface area is 158 Å². The van der Waals surface area contributed by atoms with Gasteiger partial charge in [-0.15, -0.1) is 11.3 Å². The number of thiophene rings is 1. The van der Waals surface area contributed by atoms with Gasteiger partial charge in [0.2, 0.25) is 5.91 Å². The molecule has 1 saturated heterocycles. The number of nitrogens with one attached hydrogen (secondary N) is 3. The van der Waals surface area contributed by atoms with E-state index in [1.165, 1.54) is 11.3 Å². The second-order valence-corrected chi connectivity index (χ2v) is 8.91. The molecular formula is C18H28N4O3S. The summed E-state index contributed by atoms with van der Waals surface area (Å²) in [6.45, 7) is 12.8. The molecule has 2 heterocycles. The summed E-state index contributed by atoms with van der Waals surface area (Å²) in [4.78, 5) is 40.0. The Kier molecular flexibility index (Phi) is 5.65. The number of anilines is 1. The van der Waals surface area contributed by atoms with Crippen LogP contribution in [0.2, 0.25) is 0 Å². The standard InChI is InChI=1S/C18H28N4O3S/c1-7-19-16(25)21-13-11(10-12(26-13)17(2,3)4)14(23)22-9-8-20-15(24)18(22,5)6/h10H,7-9H2,1-6H3,(H,20,24)(H2,19,21,25). The van der Waals surface area contributed by atoms with E-state index in [0.29, 0.717) is 30.2 Å². The number of rotatable bonds is 3. The van der Waals surface area contributed by atoms with Crippen LogP contribution in [0.5, 0.6) is 0 Å². The summed E-state index contributed by atoms with van der Waals surface area (Å²) in [6, 6.07) is 1.48. The number of carbonyl (C=O) groups is 3. The molecule has 3 N–H and O–H groups in total. The SMILES string of the molecule is CCNC(=O)Nc1sc(C(C)(C)C)cc1C(=O)N1CCNC(=O)C1(C)C. The van der Waals surface area contributed by atoms with Gasteiger partial charge in [0, 0.05) is 24.5 Å². The normalized spacial score (nSPS) is 16.8. The van der Waals surface area contributed by atoms with E-state index in [-0.39, 0.29) is 23.3 Å². The van der Waals surface area contributed by atoms with E-state index < -0.39 is 5.54 Å². The van der Waals surface area contributed by atoms with Crippen molar-refractivity contribution >= 4 is 34.2 Å². The lowest BCUT2D eigenvalue weighted by Crippen LogP contribution is -2.63. The van der Waals surface area contributed by atoms with Crippen molar-refractivity contribution < 1.29 is 14.4 Å². The molecule has 7 nitrogen and oxygen atoms in total. The lowest BCUT2D eigenvalue weighted by Gasteiger charge is -2.41. The summed E-state index contributed by atoms with van der Waals surface area (Å²) in [5, 5.41) is 8.76. The predicted molar refractivity (Wildman–Crippen MR) is 104 cm³/mol. The molecular weight excluding hydrogens is 352 g/mol. The molecule has 0 saturated carbocycles. The van der Waals surface area contributed by atoms with Crippen molar-refractivity contribution in [2.45, 2.75) is 52.5 Å². The highest BCUT2D eigenvalue weighted by molar-refractivity contribution is 7.16. The molecule has 1 aliphatic heterocycles. The van der Waals surface area contributed by atoms with Crippen LogP contribution in [0, 0.1) is 0 Å². The van der Waals surface area contributed by atoms with Crippen LogP contribution in [-0.2, 0) is 10.2 Å². The predicted octanol–water partition coefficient (Wildman–Crippen LogP) is 2.54. The van der Waals surface area contributed by atoms with Crippen LogP contribution >= 0.6 is 11.3 Å². The van der Waals surface area contributed by atoms with Crippen molar-refractivity contribution in [2.24, 2.45) is 0 Å². The van der Waals surface area contributed by atoms with E-state index >= 15 is 0 Å². The zero-order chi connectivity index (χ0) is 19.7. The second-order valence-electron chi connectivity index (χ2n) is 7.86. The van der Waals surface area contributed by atoms with Gasteiger partial charge in [0.25, 0.3) is 5.91 Å². The monoisotopic (exact) mass is 380 g/mol. The third kappa shape index (κ3) is 4.00. The van der Waals surface area contributed by atoms with Gasteiger partial charge >= 0.3 is 6.03 Å². The number of hydrogen-bond donors (Lipinski definition) is 3. The Morgan fingerprint density at radius 3 is 2.58 bits per heavy atom. The largest absolute Gasteiger partial charge is 0.352 e. The van der Waals surface area contributed by atoms with Crippen LogP contribution in [-0.4, -0.2) is 47.9 Å². The highest BCUT2D eigenvalue weighted by Gasteiger charge is 2.41. The van der Waals surface area contributed by atoms with Crippen molar-refractivity contribution in [3.8, 4) is 0 Å². The minimum absolute atomic E-state index is 0.157. The van der Waals surface area contributed by atoms with E-state index in [9.17, 15) is 14.4 Å². The average molecular weight is 381 g/mol. The zero-order valence-electron chi connectivity index (χ0n) is 16.3. The highest BCUT2D eigenvalue weighted by Crippen LogP contribution is 2.37. The minimum Gasteiger partial charge on any atom is -0.352 e. The molecule has 0 unspecified atom stereocenters. The maximum atomic E-state index is 13.2. The summed E-state index contributed by atoms with van der Waals surface area (Å²) >= 11 is 1.39. The summed E-state index contributed by atoms with van der Waals surface area (Å²) in [5.41, 5.74) is -0.674. The number of nitrogens with zero attached hydrogens (tertiary/aromatic N) is 1. The second kappa shape index (κ2) is 7.26. The van der Waals surface area contributed by atoms with Gasteiger partial charge in [-0.05, 0) is 32.3 Å². The molecule has 0 aliphatic carbocycles. The van der Waals surface area contributed by atoms with Crippen molar-refractivity contribution in [1.29, 1.82) is 0 Å². The third-order valence-corrected chi connectivity index (χ3v) is 5.84. The highest BCUT2D eigenvalue weighted by atomic mass is 32.1. The molecule has 26 heavy (non-hydrogen) atoms. The van der Waals surface area contributed by atoms with Crippen molar-refractivity contribution in [3.05, 3.63) is 16.5 Å². The maximum Gasteiger partial charge on any atom is 0.319 e. The molecule has 8 heteroatoms. The van der Waals surface area contributed by atoms with Gasteiger partial charge in [-0.25, -0.2) is 4.79 Å². The quantitative estimate of drug-likeness (QED) is 0.753. The van der Waals surface area contributed by atoms with Gasteiger partial charge < -0.3 is 15.5 Å². The van der Waals surface area contributed by atoms with Crippen molar-refractivity contribution in [1.82, 2.24) is 15.5 Å². The summed E-state index contributed by atoms with van der Waals surface area (Å²) < 4.78 is 0. The summed E-state index contributed by atoms with van der Waals surface area (Å²) in [6.07, 6.45) is 0. The van der Waals surface area contributed by atoms with Crippen molar-refractivity contribution in [2.75, 3.05) is 25.0 Å². The Morgan fingerprint density at radius 1 is 1.35 bits per heavy atom. The van der Waals surface area contributed by atoms with Gasteiger partial charge in [-0.3, -0.25) is 14.9 Å². The smallest absolute Gasteiger partial charge is 0.319 e. The zero-order valence-corrected chi connectivity index (χ0v) is 17.1. The lowest BCUT2D eigenvalue weighted by atomic mass is 9.93. The molecule has 0 spiro atoms. The molecule has 0 radical (unpaired) electrons. The number of piperazine rings is 1. The van der Waals surface area contributed by atoms with E-state index in [1.54, 1.807) is 18.7 Å². The Hall–Kier alpha value is -2.09. The van der Waals surface area contributed by atoms with E-state index in [4.69, 9.17) is 0 Å². The first kappa shape index (κ1) is 20.2. The number of carbonyl (C=O) groups excluding carboxylic acids is 3. The van der Waals surface area contributed by atoms with Gasteiger partial charge in [0.15, 0.2) is 0 Å². The fraction of sp³-hybridized carbons (Fsp3) is 0.611. The van der Waals surface area contributed by atoms with Gasteiger partial charge in [-0.2, -0.15) is 0 Å². The Balaban J connectivity index is 2.42. The Bertz CT molecular complexity index is 719. The van der Waals surface area contributed by atoms with Crippen LogP contribution in [0.4, 0.5) is 9.80 Å². The molecule has 4 amide bonds. The van der Waals surface area contributed by atoms with Crippen LogP contribution in [0.1, 0.15) is 56.8 Å². The van der Waals surface area contributed by atoms with Gasteiger partial charge in [0.1, 0.15) is 10.5 Å². The molecule has 144 valence electrons. The van der Waals surface area contributed by atoms with Crippen LogP contribution in [0.25, 0.3) is 0 Å². The third-order valence-electron chi connectivity index (χ3n) is 4.36. The minimum atomic E-state index is -0.942. The first-order valence-electron chi connectivity index (χ1n) is 8.78. The molecule has 0 bridgehead atoms. The molecule has 0 atom stereocenters. The van der Waals surface area contributed by atoms with E-state index in [2.05, 4.69) is 36.7 Å². The van der Waals surface area contributed by atoms with Crippen LogP contribution in [0.3, 0.4) is 0 Å². The molecule has 1 aromatic rings. The molecule has 1 aromatic heterocycles. The van der Waals surface area contributed by atoms with Crippen LogP contribution in [0.15, 0.2) is 6.07 Å². The number of urea groups is 1. The molecule has 1 fully saturated rings. The fourth-order valence-electron chi connectivity index (χ4n) is 2.72. The van der Waals surface area contributed by atoms with E-state index in [1.807, 2.05) is 13.0 Å². The average Bonchev–Trinajstić information content (AvgIpc) is 2.93. The molecule has 2 rings (SSSR count). The molecule has 1 aliphatic rings. The number of hydrogen-bond acceptors (Lipinski definition) is 4. The van der Waals surface area contributed by atoms with Gasteiger partial charge in [0.05, 0.1) is 5.56 Å². The fourth-order valence-corrected chi connectivity index (χ4v) is 3.82. The van der Waals surface area contributed by atoms with E-state index in [0.717, 1.165) is 4.88 Å². The topological polar surface area (TPSA) is 90.5 Å². The van der Waals surface area contributed by atoms with Gasteiger partial charge in [-0.1, -0.05) is 20.8 Å². The summed E-state index contributed by atoms with van der Waals surface area (Å²) in [7, 11) is 0. The number of amides is 4. The summed E-state index contributed by atoms with van der Waals surface area (Å²) in [5.74, 6) is -0.426. The van der Waals surface area contributed by atoms with Crippen molar-refractivity contribution in [3.63, 3.8) is 0 Å². The first-order chi connectivity index (χ1) is 12.0. The van der Waals surface area contributed by atoms with Crippen LogP contribution < -0.4 is 16.0 Å². The first-order valence-corrected chi connectivity index (χ1v) is 9.59. The Morgan fingerprint density at radius 2 is 2.00 bits per heavy atom. The molecule has 0 aromatic carbocycles. The lowest BCUT2D eigenvalue weighted by molar-refractivity contribution is -0.133. The maximum absolute atomic E-state index is 13.2.